The van der Waals surface area contributed by atoms with E-state index in [0.717, 1.165) is 6.42 Å². The van der Waals surface area contributed by atoms with Crippen molar-refractivity contribution in [1.82, 2.24) is 24.7 Å². The van der Waals surface area contributed by atoms with E-state index >= 15 is 0 Å². The fourth-order valence-electron chi connectivity index (χ4n) is 2.93. The van der Waals surface area contributed by atoms with Crippen LogP contribution < -0.4 is 4.74 Å². The molecule has 3 aromatic rings. The van der Waals surface area contributed by atoms with Gasteiger partial charge in [-0.25, -0.2) is 14.6 Å². The lowest BCUT2D eigenvalue weighted by atomic mass is 10.1. The van der Waals surface area contributed by atoms with Gasteiger partial charge in [0.25, 0.3) is 0 Å². The average molecular weight is 388 g/mol. The maximum Gasteiger partial charge on any atom is 0.237 e. The van der Waals surface area contributed by atoms with Crippen molar-refractivity contribution in [2.75, 3.05) is 6.61 Å². The predicted molar refractivity (Wildman–Crippen MR) is 96.4 cm³/mol. The van der Waals surface area contributed by atoms with Crippen LogP contribution in [-0.4, -0.2) is 37.4 Å². The van der Waals surface area contributed by atoms with E-state index in [1.807, 2.05) is 6.07 Å². The lowest BCUT2D eigenvalue weighted by Crippen LogP contribution is -2.34. The summed E-state index contributed by atoms with van der Waals surface area (Å²) in [7, 11) is 0. The predicted octanol–water partition coefficient (Wildman–Crippen LogP) is 3.19. The Morgan fingerprint density at radius 2 is 2.26 bits per heavy atom. The highest BCUT2D eigenvalue weighted by Gasteiger charge is 2.44. The van der Waals surface area contributed by atoms with Crippen LogP contribution in [0.1, 0.15) is 18.9 Å². The summed E-state index contributed by atoms with van der Waals surface area (Å²) in [4.78, 5) is 12.1. The van der Waals surface area contributed by atoms with Crippen LogP contribution in [0.2, 0.25) is 5.02 Å². The van der Waals surface area contributed by atoms with E-state index in [4.69, 9.17) is 25.8 Å². The van der Waals surface area contributed by atoms with Crippen LogP contribution in [0, 0.1) is 0 Å². The highest BCUT2D eigenvalue weighted by Crippen LogP contribution is 2.41. The average Bonchev–Trinajstić information content (AvgIpc) is 3.33. The molecule has 0 saturated carbocycles. The number of halogens is 1. The minimum Gasteiger partial charge on any atom is -0.437 e. The minimum atomic E-state index is -1.03. The Kier molecular flexibility index (Phi) is 5.02. The highest BCUT2D eigenvalue weighted by molar-refractivity contribution is 6.31. The number of aromatic nitrogens is 5. The molecule has 4 rings (SSSR count). The second kappa shape index (κ2) is 7.59. The van der Waals surface area contributed by atoms with Gasteiger partial charge in [0, 0.05) is 18.0 Å². The largest absolute Gasteiger partial charge is 0.437 e. The first kappa shape index (κ1) is 17.8. The zero-order chi connectivity index (χ0) is 18.7. The number of rotatable bonds is 6. The highest BCUT2D eigenvalue weighted by atomic mass is 35.5. The van der Waals surface area contributed by atoms with Gasteiger partial charge in [-0.2, -0.15) is 5.10 Å². The van der Waals surface area contributed by atoms with Gasteiger partial charge in [-0.15, -0.1) is 0 Å². The molecular weight excluding hydrogens is 370 g/mol. The van der Waals surface area contributed by atoms with E-state index in [2.05, 4.69) is 27.0 Å². The van der Waals surface area contributed by atoms with Crippen molar-refractivity contribution in [3.63, 3.8) is 0 Å². The van der Waals surface area contributed by atoms with E-state index in [1.54, 1.807) is 35.5 Å². The molecule has 8 nitrogen and oxygen atoms in total. The van der Waals surface area contributed by atoms with Gasteiger partial charge in [0.1, 0.15) is 24.9 Å². The van der Waals surface area contributed by atoms with Gasteiger partial charge in [-0.3, -0.25) is 4.98 Å². The van der Waals surface area contributed by atoms with Gasteiger partial charge in [-0.1, -0.05) is 18.5 Å². The van der Waals surface area contributed by atoms with E-state index in [1.165, 1.54) is 12.5 Å². The Labute approximate surface area is 161 Å². The van der Waals surface area contributed by atoms with Gasteiger partial charge >= 0.3 is 0 Å². The molecule has 1 saturated heterocycles. The molecule has 27 heavy (non-hydrogen) atoms. The van der Waals surface area contributed by atoms with Gasteiger partial charge in [-0.05, 0) is 24.6 Å². The molecule has 3 heterocycles. The van der Waals surface area contributed by atoms with Gasteiger partial charge in [0.05, 0.1) is 23.9 Å². The lowest BCUT2D eigenvalue weighted by molar-refractivity contribution is -0.188. The van der Waals surface area contributed by atoms with Crippen LogP contribution in [0.4, 0.5) is 0 Å². The van der Waals surface area contributed by atoms with Crippen molar-refractivity contribution in [2.24, 2.45) is 0 Å². The first-order chi connectivity index (χ1) is 13.2. The fourth-order valence-corrected chi connectivity index (χ4v) is 3.24. The third-order valence-corrected chi connectivity index (χ3v) is 4.58. The molecule has 1 aliphatic rings. The Hall–Kier alpha value is -2.55. The van der Waals surface area contributed by atoms with E-state index < -0.39 is 5.79 Å². The molecule has 0 bridgehead atoms. The third-order valence-electron chi connectivity index (χ3n) is 4.26. The first-order valence-corrected chi connectivity index (χ1v) is 8.94. The van der Waals surface area contributed by atoms with Gasteiger partial charge < -0.3 is 14.2 Å². The molecule has 0 aliphatic carbocycles. The van der Waals surface area contributed by atoms with Crippen molar-refractivity contribution in [1.29, 1.82) is 0 Å². The van der Waals surface area contributed by atoms with Crippen molar-refractivity contribution in [2.45, 2.75) is 31.8 Å². The molecule has 2 unspecified atom stereocenters. The first-order valence-electron chi connectivity index (χ1n) is 8.56. The number of benzene rings is 1. The summed E-state index contributed by atoms with van der Waals surface area (Å²) in [5.41, 5.74) is 0.710. The molecule has 0 radical (unpaired) electrons. The smallest absolute Gasteiger partial charge is 0.237 e. The Balaban J connectivity index is 1.64. The SMILES string of the molecule is CCC1COC(Cn2cncn2)(c2ccc(Oc3cnccn3)cc2Cl)O1. The molecule has 2 aromatic heterocycles. The van der Waals surface area contributed by atoms with E-state index in [9.17, 15) is 0 Å². The van der Waals surface area contributed by atoms with Crippen molar-refractivity contribution >= 4 is 11.6 Å². The molecular formula is C18H18ClN5O3. The fraction of sp³-hybridized carbons (Fsp3) is 0.333. The van der Waals surface area contributed by atoms with Crippen LogP contribution in [0.15, 0.2) is 49.4 Å². The number of ether oxygens (including phenoxy) is 3. The molecule has 9 heteroatoms. The monoisotopic (exact) mass is 387 g/mol. The number of nitrogens with zero attached hydrogens (tertiary/aromatic N) is 5. The topological polar surface area (TPSA) is 84.2 Å². The summed E-state index contributed by atoms with van der Waals surface area (Å²) >= 11 is 6.57. The summed E-state index contributed by atoms with van der Waals surface area (Å²) in [5.74, 6) is -0.0976. The Morgan fingerprint density at radius 1 is 1.33 bits per heavy atom. The maximum absolute atomic E-state index is 6.57. The Bertz CT molecular complexity index is 893. The van der Waals surface area contributed by atoms with E-state index in [-0.39, 0.29) is 6.10 Å². The lowest BCUT2D eigenvalue weighted by Gasteiger charge is -2.29. The Morgan fingerprint density at radius 3 is 2.93 bits per heavy atom. The molecule has 1 aromatic carbocycles. The third kappa shape index (κ3) is 3.78. The summed E-state index contributed by atoms with van der Waals surface area (Å²) in [6.07, 6.45) is 8.58. The quantitative estimate of drug-likeness (QED) is 0.642. The van der Waals surface area contributed by atoms with Crippen molar-refractivity contribution < 1.29 is 14.2 Å². The van der Waals surface area contributed by atoms with Crippen LogP contribution in [0.5, 0.6) is 11.6 Å². The summed E-state index contributed by atoms with van der Waals surface area (Å²) in [6, 6.07) is 5.34. The summed E-state index contributed by atoms with van der Waals surface area (Å²) in [6.45, 7) is 2.88. The molecule has 2 atom stereocenters. The van der Waals surface area contributed by atoms with Crippen LogP contribution >= 0.6 is 11.6 Å². The maximum atomic E-state index is 6.57. The van der Waals surface area contributed by atoms with Crippen molar-refractivity contribution in [3.05, 3.63) is 60.0 Å². The molecule has 140 valence electrons. The zero-order valence-corrected chi connectivity index (χ0v) is 15.4. The molecule has 0 N–H and O–H groups in total. The van der Waals surface area contributed by atoms with Crippen LogP contribution in [0.25, 0.3) is 0 Å². The molecule has 1 fully saturated rings. The second-order valence-electron chi connectivity index (χ2n) is 6.09. The zero-order valence-electron chi connectivity index (χ0n) is 14.7. The van der Waals surface area contributed by atoms with Crippen molar-refractivity contribution in [3.8, 4) is 11.6 Å². The molecule has 1 aliphatic heterocycles. The second-order valence-corrected chi connectivity index (χ2v) is 6.50. The van der Waals surface area contributed by atoms with Gasteiger partial charge in [0.15, 0.2) is 0 Å². The molecule has 0 spiro atoms. The van der Waals surface area contributed by atoms with E-state index in [0.29, 0.717) is 35.4 Å². The van der Waals surface area contributed by atoms with Crippen LogP contribution in [-0.2, 0) is 21.8 Å². The summed E-state index contributed by atoms with van der Waals surface area (Å²) in [5, 5.41) is 4.63. The molecule has 0 amide bonds. The normalized spacial score (nSPS) is 22.1. The standard InChI is InChI=1S/C18H18ClN5O3/c1-2-13-9-25-18(27-13,10-24-12-21-11-23-24)15-4-3-14(7-16(15)19)26-17-8-20-5-6-22-17/h3-8,11-13H,2,9-10H2,1H3. The minimum absolute atomic E-state index is 0.0138. The number of hydrogen-bond donors (Lipinski definition) is 0. The van der Waals surface area contributed by atoms with Gasteiger partial charge in [0.2, 0.25) is 11.7 Å². The number of hydrogen-bond acceptors (Lipinski definition) is 7. The summed E-state index contributed by atoms with van der Waals surface area (Å²) < 4.78 is 19.7. The van der Waals surface area contributed by atoms with Crippen LogP contribution in [0.3, 0.4) is 0 Å².